The second-order valence-electron chi connectivity index (χ2n) is 5.44. The number of fused-ring (bicyclic) bond motifs is 5. The molecule has 0 saturated heterocycles. The van der Waals surface area contributed by atoms with E-state index in [2.05, 4.69) is 5.32 Å². The zero-order valence-electron chi connectivity index (χ0n) is 11.4. The molecule has 2 unspecified atom stereocenters. The number of phenols is 2. The molecule has 1 aliphatic carbocycles. The van der Waals surface area contributed by atoms with Gasteiger partial charge in [-0.25, -0.2) is 0 Å². The Kier molecular flexibility index (Phi) is 2.45. The van der Waals surface area contributed by atoms with Crippen molar-refractivity contribution in [2.45, 2.75) is 12.0 Å². The Morgan fingerprint density at radius 1 is 1.09 bits per heavy atom. The van der Waals surface area contributed by atoms with E-state index in [1.165, 1.54) is 18.2 Å². The van der Waals surface area contributed by atoms with Crippen LogP contribution in [0.2, 0.25) is 0 Å². The standard InChI is InChI=1S/C16H12N2O4/c19-12-5-6-13(20)14-9(12)7-11(18(21)22)16-15(14)8-3-1-2-4-10(8)17-16/h1-7,15-17,19-20H. The van der Waals surface area contributed by atoms with E-state index in [0.29, 0.717) is 11.1 Å². The summed E-state index contributed by atoms with van der Waals surface area (Å²) >= 11 is 0. The molecule has 0 radical (unpaired) electrons. The van der Waals surface area contributed by atoms with Crippen molar-refractivity contribution >= 4 is 11.8 Å². The van der Waals surface area contributed by atoms with Crippen molar-refractivity contribution in [1.82, 2.24) is 0 Å². The van der Waals surface area contributed by atoms with Gasteiger partial charge < -0.3 is 15.5 Å². The lowest BCUT2D eigenvalue weighted by molar-refractivity contribution is -0.427. The lowest BCUT2D eigenvalue weighted by atomic mass is 9.79. The third-order valence-electron chi connectivity index (χ3n) is 4.31. The minimum Gasteiger partial charge on any atom is -0.508 e. The number of hydrogen-bond donors (Lipinski definition) is 3. The number of para-hydroxylation sites is 1. The molecule has 0 aromatic heterocycles. The quantitative estimate of drug-likeness (QED) is 0.427. The summed E-state index contributed by atoms with van der Waals surface area (Å²) in [6.45, 7) is 0. The number of nitrogens with one attached hydrogen (secondary N) is 1. The molecule has 110 valence electrons. The Balaban J connectivity index is 2.05. The lowest BCUT2D eigenvalue weighted by Crippen LogP contribution is -2.30. The van der Waals surface area contributed by atoms with Crippen molar-refractivity contribution in [2.75, 3.05) is 5.32 Å². The normalized spacial score (nSPS) is 21.2. The molecule has 22 heavy (non-hydrogen) atoms. The van der Waals surface area contributed by atoms with E-state index in [4.69, 9.17) is 0 Å². The minimum absolute atomic E-state index is 0.0189. The van der Waals surface area contributed by atoms with Crippen LogP contribution in [-0.4, -0.2) is 21.2 Å². The summed E-state index contributed by atoms with van der Waals surface area (Å²) in [7, 11) is 0. The first-order valence-electron chi connectivity index (χ1n) is 6.84. The van der Waals surface area contributed by atoms with Crippen molar-refractivity contribution < 1.29 is 15.1 Å². The molecule has 0 amide bonds. The highest BCUT2D eigenvalue weighted by atomic mass is 16.6. The zero-order valence-corrected chi connectivity index (χ0v) is 11.4. The summed E-state index contributed by atoms with van der Waals surface area (Å²) in [5.41, 5.74) is 2.50. The second-order valence-corrected chi connectivity index (χ2v) is 5.44. The van der Waals surface area contributed by atoms with E-state index in [1.54, 1.807) is 0 Å². The Hall–Kier alpha value is -3.02. The van der Waals surface area contributed by atoms with Gasteiger partial charge in [-0.2, -0.15) is 0 Å². The smallest absolute Gasteiger partial charge is 0.269 e. The largest absolute Gasteiger partial charge is 0.508 e. The summed E-state index contributed by atoms with van der Waals surface area (Å²) in [5.74, 6) is -0.446. The van der Waals surface area contributed by atoms with Crippen LogP contribution in [0, 0.1) is 10.1 Å². The van der Waals surface area contributed by atoms with Gasteiger partial charge in [-0.15, -0.1) is 0 Å². The number of phenolic OH excluding ortho intramolecular Hbond substituents is 2. The third-order valence-corrected chi connectivity index (χ3v) is 4.31. The van der Waals surface area contributed by atoms with Gasteiger partial charge in [0.1, 0.15) is 17.5 Å². The van der Waals surface area contributed by atoms with E-state index in [1.807, 2.05) is 24.3 Å². The monoisotopic (exact) mass is 296 g/mol. The van der Waals surface area contributed by atoms with Gasteiger partial charge in [-0.05, 0) is 23.8 Å². The van der Waals surface area contributed by atoms with E-state index >= 15 is 0 Å². The molecular weight excluding hydrogens is 284 g/mol. The Morgan fingerprint density at radius 3 is 2.59 bits per heavy atom. The molecule has 6 nitrogen and oxygen atoms in total. The summed E-state index contributed by atoms with van der Waals surface area (Å²) in [6, 6.07) is 9.63. The highest BCUT2D eigenvalue weighted by Gasteiger charge is 2.46. The van der Waals surface area contributed by atoms with Crippen LogP contribution < -0.4 is 5.32 Å². The first-order valence-corrected chi connectivity index (χ1v) is 6.84. The van der Waals surface area contributed by atoms with Gasteiger partial charge in [0.15, 0.2) is 0 Å². The fourth-order valence-electron chi connectivity index (χ4n) is 3.39. The van der Waals surface area contributed by atoms with Crippen LogP contribution in [-0.2, 0) is 0 Å². The molecule has 3 N–H and O–H groups in total. The van der Waals surface area contributed by atoms with Gasteiger partial charge in [0.25, 0.3) is 5.70 Å². The van der Waals surface area contributed by atoms with Crippen LogP contribution in [0.3, 0.4) is 0 Å². The van der Waals surface area contributed by atoms with Gasteiger partial charge in [-0.3, -0.25) is 10.1 Å². The highest BCUT2D eigenvalue weighted by molar-refractivity contribution is 5.77. The SMILES string of the molecule is O=[N+]([O-])C1=Cc2c(O)ccc(O)c2C2c3ccccc3NC12. The van der Waals surface area contributed by atoms with Crippen molar-refractivity contribution in [1.29, 1.82) is 0 Å². The predicted molar refractivity (Wildman–Crippen MR) is 80.4 cm³/mol. The average Bonchev–Trinajstić information content (AvgIpc) is 2.89. The number of nitrogens with zero attached hydrogens (tertiary/aromatic N) is 1. The van der Waals surface area contributed by atoms with E-state index in [0.717, 1.165) is 11.3 Å². The third kappa shape index (κ3) is 1.54. The van der Waals surface area contributed by atoms with Crippen LogP contribution >= 0.6 is 0 Å². The molecule has 1 heterocycles. The topological polar surface area (TPSA) is 95.6 Å². The maximum Gasteiger partial charge on any atom is 0.269 e. The molecular formula is C16H12N2O4. The highest BCUT2D eigenvalue weighted by Crippen LogP contribution is 2.51. The Labute approximate surface area is 125 Å². The van der Waals surface area contributed by atoms with E-state index in [9.17, 15) is 20.3 Å². The number of rotatable bonds is 1. The lowest BCUT2D eigenvalue weighted by Gasteiger charge is -2.26. The molecule has 2 aromatic carbocycles. The van der Waals surface area contributed by atoms with Gasteiger partial charge >= 0.3 is 0 Å². The maximum atomic E-state index is 11.4. The number of nitro groups is 1. The maximum absolute atomic E-state index is 11.4. The molecule has 4 rings (SSSR count). The van der Waals surface area contributed by atoms with E-state index < -0.39 is 16.9 Å². The first-order chi connectivity index (χ1) is 10.6. The van der Waals surface area contributed by atoms with Crippen LogP contribution in [0.25, 0.3) is 6.08 Å². The summed E-state index contributed by atoms with van der Waals surface area (Å²) in [4.78, 5) is 11.0. The van der Waals surface area contributed by atoms with Crippen LogP contribution in [0.4, 0.5) is 5.69 Å². The molecule has 2 aliphatic rings. The Bertz CT molecular complexity index is 844. The summed E-state index contributed by atoms with van der Waals surface area (Å²) < 4.78 is 0. The number of benzene rings is 2. The molecule has 2 atom stereocenters. The minimum atomic E-state index is -0.562. The van der Waals surface area contributed by atoms with Gasteiger partial charge in [0.05, 0.1) is 4.92 Å². The molecule has 0 fully saturated rings. The zero-order chi connectivity index (χ0) is 15.4. The van der Waals surface area contributed by atoms with Crippen LogP contribution in [0.15, 0.2) is 42.1 Å². The van der Waals surface area contributed by atoms with Gasteiger partial charge in [-0.1, -0.05) is 18.2 Å². The molecule has 0 saturated carbocycles. The average molecular weight is 296 g/mol. The number of aromatic hydroxyl groups is 2. The molecule has 1 aliphatic heterocycles. The van der Waals surface area contributed by atoms with Crippen LogP contribution in [0.5, 0.6) is 11.5 Å². The molecule has 2 aromatic rings. The van der Waals surface area contributed by atoms with Crippen molar-refractivity contribution in [3.63, 3.8) is 0 Å². The molecule has 0 spiro atoms. The van der Waals surface area contributed by atoms with Crippen molar-refractivity contribution in [3.05, 3.63) is 68.9 Å². The predicted octanol–water partition coefficient (Wildman–Crippen LogP) is 2.66. The molecule has 6 heteroatoms. The number of hydrogen-bond acceptors (Lipinski definition) is 5. The fraction of sp³-hybridized carbons (Fsp3) is 0.125. The summed E-state index contributed by atoms with van der Waals surface area (Å²) in [6.07, 6.45) is 1.34. The summed E-state index contributed by atoms with van der Waals surface area (Å²) in [5, 5.41) is 34.8. The second kappa shape index (κ2) is 4.24. The van der Waals surface area contributed by atoms with E-state index in [-0.39, 0.29) is 17.2 Å². The van der Waals surface area contributed by atoms with Crippen LogP contribution in [0.1, 0.15) is 22.6 Å². The van der Waals surface area contributed by atoms with Crippen molar-refractivity contribution in [3.8, 4) is 11.5 Å². The van der Waals surface area contributed by atoms with Crippen molar-refractivity contribution in [2.24, 2.45) is 0 Å². The fourth-order valence-corrected chi connectivity index (χ4v) is 3.39. The molecule has 0 bridgehead atoms. The van der Waals surface area contributed by atoms with Gasteiger partial charge in [0, 0.05) is 28.8 Å². The number of anilines is 1. The Morgan fingerprint density at radius 2 is 1.82 bits per heavy atom. The first kappa shape index (κ1) is 12.7. The van der Waals surface area contributed by atoms with Gasteiger partial charge in [0.2, 0.25) is 0 Å².